The second-order valence-corrected chi connectivity index (χ2v) is 10.5. The normalized spacial score (nSPS) is 25.4. The number of fused-ring (bicyclic) bond motifs is 4. The zero-order chi connectivity index (χ0) is 27.3. The summed E-state index contributed by atoms with van der Waals surface area (Å²) in [7, 11) is 0. The number of ether oxygens (including phenoxy) is 2. The van der Waals surface area contributed by atoms with Crippen LogP contribution in [0.25, 0.3) is 0 Å². The van der Waals surface area contributed by atoms with Crippen LogP contribution in [0, 0.1) is 15.9 Å². The maximum absolute atomic E-state index is 13.7. The highest BCUT2D eigenvalue weighted by atomic mass is 35.5. The van der Waals surface area contributed by atoms with Crippen molar-refractivity contribution in [3.63, 3.8) is 0 Å². The molecule has 0 radical (unpaired) electrons. The van der Waals surface area contributed by atoms with Crippen molar-refractivity contribution < 1.29 is 23.6 Å². The summed E-state index contributed by atoms with van der Waals surface area (Å²) in [5, 5.41) is 16.0. The van der Waals surface area contributed by atoms with Gasteiger partial charge in [-0.3, -0.25) is 19.8 Å². The van der Waals surface area contributed by atoms with Crippen molar-refractivity contribution >= 4 is 23.2 Å². The average molecular weight is 552 g/mol. The molecule has 1 spiro atoms. The van der Waals surface area contributed by atoms with Crippen LogP contribution in [-0.4, -0.2) is 41.0 Å². The standard InChI is InChI=1S/C29H27ClFN3O5/c1-2-38-24-15-18(14-21(30)26(24)39-16-17-7-5-8-19(31)13-17)25-23-11-6-12-33(23)29(27(25)34(36)37)20-9-3-4-10-22(20)32-28(29)35/h3-5,7-10,13-15,23,25,27H,2,6,11-12,16H2,1H3,(H,32,35)/t23-,25+,27-,29+/m0/s1. The molecule has 0 saturated carbocycles. The van der Waals surface area contributed by atoms with Gasteiger partial charge in [-0.25, -0.2) is 4.39 Å². The lowest BCUT2D eigenvalue weighted by atomic mass is 9.77. The first-order valence-corrected chi connectivity index (χ1v) is 13.4. The van der Waals surface area contributed by atoms with E-state index in [0.717, 1.165) is 6.42 Å². The third-order valence-corrected chi connectivity index (χ3v) is 8.36. The second kappa shape index (κ2) is 9.81. The van der Waals surface area contributed by atoms with E-state index in [4.69, 9.17) is 21.1 Å². The number of para-hydroxylation sites is 1. The van der Waals surface area contributed by atoms with Crippen LogP contribution in [0.2, 0.25) is 5.02 Å². The Kier molecular flexibility index (Phi) is 6.43. The lowest BCUT2D eigenvalue weighted by molar-refractivity contribution is -0.534. The third kappa shape index (κ3) is 3.94. The number of carbonyl (C=O) groups excluding carboxylic acids is 1. The van der Waals surface area contributed by atoms with E-state index in [-0.39, 0.29) is 40.1 Å². The maximum atomic E-state index is 13.7. The van der Waals surface area contributed by atoms with Gasteiger partial charge in [0, 0.05) is 28.8 Å². The maximum Gasteiger partial charge on any atom is 0.256 e. The molecule has 3 aromatic carbocycles. The van der Waals surface area contributed by atoms with Crippen molar-refractivity contribution in [3.8, 4) is 11.5 Å². The molecule has 0 unspecified atom stereocenters. The lowest BCUT2D eigenvalue weighted by Crippen LogP contribution is -2.55. The van der Waals surface area contributed by atoms with Crippen LogP contribution in [0.4, 0.5) is 10.1 Å². The monoisotopic (exact) mass is 551 g/mol. The molecule has 10 heteroatoms. The van der Waals surface area contributed by atoms with Crippen molar-refractivity contribution in [3.05, 3.63) is 98.3 Å². The van der Waals surface area contributed by atoms with Gasteiger partial charge in [0.2, 0.25) is 0 Å². The molecule has 1 N–H and O–H groups in total. The van der Waals surface area contributed by atoms with E-state index in [1.807, 2.05) is 30.0 Å². The molecular formula is C29H27ClFN3O5. The van der Waals surface area contributed by atoms with E-state index in [1.165, 1.54) is 12.1 Å². The molecule has 202 valence electrons. The summed E-state index contributed by atoms with van der Waals surface area (Å²) >= 11 is 6.74. The molecule has 3 aliphatic heterocycles. The van der Waals surface area contributed by atoms with Crippen molar-refractivity contribution in [1.82, 2.24) is 4.90 Å². The van der Waals surface area contributed by atoms with Crippen LogP contribution in [0.1, 0.15) is 42.4 Å². The Bertz CT molecular complexity index is 1470. The number of nitro groups is 1. The SMILES string of the molecule is CCOc1cc([C@H]2[C@H]([N+](=O)[O-])[C@]3(C(=O)Nc4ccccc43)N3CCC[C@@H]23)cc(Cl)c1OCc1cccc(F)c1. The summed E-state index contributed by atoms with van der Waals surface area (Å²) in [5.41, 5.74) is 1.06. The van der Waals surface area contributed by atoms with E-state index in [9.17, 15) is 19.3 Å². The molecule has 0 bridgehead atoms. The summed E-state index contributed by atoms with van der Waals surface area (Å²) in [4.78, 5) is 28.2. The molecule has 2 fully saturated rings. The number of benzene rings is 3. The highest BCUT2D eigenvalue weighted by Crippen LogP contribution is 2.58. The Hall–Kier alpha value is -3.69. The quantitative estimate of drug-likeness (QED) is 0.307. The lowest BCUT2D eigenvalue weighted by Gasteiger charge is -2.32. The fourth-order valence-corrected chi connectivity index (χ4v) is 7.01. The van der Waals surface area contributed by atoms with E-state index >= 15 is 0 Å². The first kappa shape index (κ1) is 25.6. The zero-order valence-electron chi connectivity index (χ0n) is 21.2. The van der Waals surface area contributed by atoms with Gasteiger partial charge in [0.25, 0.3) is 11.9 Å². The van der Waals surface area contributed by atoms with E-state index in [0.29, 0.717) is 47.7 Å². The van der Waals surface area contributed by atoms with Crippen molar-refractivity contribution in [2.75, 3.05) is 18.5 Å². The zero-order valence-corrected chi connectivity index (χ0v) is 22.0. The van der Waals surface area contributed by atoms with Gasteiger partial charge < -0.3 is 14.8 Å². The second-order valence-electron chi connectivity index (χ2n) is 10.1. The van der Waals surface area contributed by atoms with Crippen molar-refractivity contribution in [2.45, 2.75) is 49.9 Å². The summed E-state index contributed by atoms with van der Waals surface area (Å²) in [6.45, 7) is 2.77. The number of nitrogens with zero attached hydrogens (tertiary/aromatic N) is 2. The number of carbonyl (C=O) groups is 1. The molecule has 0 aliphatic carbocycles. The van der Waals surface area contributed by atoms with Gasteiger partial charge in [-0.05, 0) is 61.2 Å². The fourth-order valence-electron chi connectivity index (χ4n) is 6.74. The molecule has 2 saturated heterocycles. The molecular weight excluding hydrogens is 525 g/mol. The molecule has 3 aromatic rings. The molecule has 1 amide bonds. The molecule has 4 atom stereocenters. The van der Waals surface area contributed by atoms with Crippen LogP contribution in [0.3, 0.4) is 0 Å². The third-order valence-electron chi connectivity index (χ3n) is 8.08. The van der Waals surface area contributed by atoms with Gasteiger partial charge in [-0.15, -0.1) is 0 Å². The minimum Gasteiger partial charge on any atom is -0.490 e. The Balaban J connectivity index is 1.44. The first-order valence-electron chi connectivity index (χ1n) is 13.0. The number of hydrogen-bond donors (Lipinski definition) is 1. The number of hydrogen-bond acceptors (Lipinski definition) is 6. The van der Waals surface area contributed by atoms with E-state index < -0.39 is 17.5 Å². The first-order chi connectivity index (χ1) is 18.9. The minimum atomic E-state index is -1.42. The van der Waals surface area contributed by atoms with Crippen LogP contribution in [-0.2, 0) is 16.9 Å². The van der Waals surface area contributed by atoms with Gasteiger partial charge in [0.1, 0.15) is 12.4 Å². The summed E-state index contributed by atoms with van der Waals surface area (Å²) in [6, 6.07) is 15.2. The average Bonchev–Trinajstić information content (AvgIpc) is 3.56. The number of amides is 1. The minimum absolute atomic E-state index is 0.0638. The number of halogens is 2. The van der Waals surface area contributed by atoms with Crippen LogP contribution in [0.5, 0.6) is 11.5 Å². The number of nitrogens with one attached hydrogen (secondary N) is 1. The van der Waals surface area contributed by atoms with Crippen molar-refractivity contribution in [2.24, 2.45) is 0 Å². The van der Waals surface area contributed by atoms with Gasteiger partial charge in [0.15, 0.2) is 17.0 Å². The molecule has 8 nitrogen and oxygen atoms in total. The van der Waals surface area contributed by atoms with Crippen LogP contribution < -0.4 is 14.8 Å². The topological polar surface area (TPSA) is 93.9 Å². The van der Waals surface area contributed by atoms with E-state index in [1.54, 1.807) is 30.3 Å². The summed E-state index contributed by atoms with van der Waals surface area (Å²) < 4.78 is 25.5. The summed E-state index contributed by atoms with van der Waals surface area (Å²) in [6.07, 6.45) is 1.54. The predicted molar refractivity (Wildman–Crippen MR) is 143 cm³/mol. The summed E-state index contributed by atoms with van der Waals surface area (Å²) in [5.74, 6) is -0.731. The van der Waals surface area contributed by atoms with Gasteiger partial charge in [-0.2, -0.15) is 0 Å². The van der Waals surface area contributed by atoms with Crippen LogP contribution in [0.15, 0.2) is 60.7 Å². The Morgan fingerprint density at radius 2 is 2.00 bits per heavy atom. The fraction of sp³-hybridized carbons (Fsp3) is 0.345. The number of anilines is 1. The van der Waals surface area contributed by atoms with Gasteiger partial charge in [0.05, 0.1) is 17.5 Å². The molecule has 6 rings (SSSR count). The molecule has 39 heavy (non-hydrogen) atoms. The van der Waals surface area contributed by atoms with Crippen LogP contribution >= 0.6 is 11.6 Å². The van der Waals surface area contributed by atoms with E-state index in [2.05, 4.69) is 5.32 Å². The largest absolute Gasteiger partial charge is 0.490 e. The Morgan fingerprint density at radius 3 is 2.77 bits per heavy atom. The smallest absolute Gasteiger partial charge is 0.256 e. The Labute approximate surface area is 229 Å². The predicted octanol–water partition coefficient (Wildman–Crippen LogP) is 5.51. The molecule has 3 heterocycles. The molecule has 0 aromatic heterocycles. The van der Waals surface area contributed by atoms with Crippen molar-refractivity contribution in [1.29, 1.82) is 0 Å². The highest BCUT2D eigenvalue weighted by Gasteiger charge is 2.73. The number of rotatable bonds is 7. The Morgan fingerprint density at radius 1 is 1.18 bits per heavy atom. The van der Waals surface area contributed by atoms with Gasteiger partial charge in [-0.1, -0.05) is 41.9 Å². The molecule has 3 aliphatic rings. The highest BCUT2D eigenvalue weighted by molar-refractivity contribution is 6.32. The van der Waals surface area contributed by atoms with Gasteiger partial charge >= 0.3 is 0 Å².